The maximum Gasteiger partial charge on any atom is 0.264 e. The highest BCUT2D eigenvalue weighted by Crippen LogP contribution is 1.85. The van der Waals surface area contributed by atoms with Crippen molar-refractivity contribution < 1.29 is 13.9 Å². The highest BCUT2D eigenvalue weighted by molar-refractivity contribution is 4.22. The molecule has 0 aromatic rings. The molecule has 0 saturated heterocycles. The van der Waals surface area contributed by atoms with Crippen LogP contribution in [-0.2, 0) is 5.11 Å². The molecule has 0 bridgehead atoms. The molecule has 31 valence electrons. The molecule has 0 aliphatic rings. The molecule has 0 unspecified atom stereocenters. The zero-order valence-electron chi connectivity index (χ0n) is 2.45. The van der Waals surface area contributed by atoms with Crippen LogP contribution in [0.4, 0.5) is 8.78 Å². The van der Waals surface area contributed by atoms with Gasteiger partial charge in [0.1, 0.15) is 6.61 Å². The normalized spacial score (nSPS) is 9.60. The van der Waals surface area contributed by atoms with Crippen molar-refractivity contribution >= 4 is 0 Å². The van der Waals surface area contributed by atoms with Crippen molar-refractivity contribution in [3.63, 3.8) is 0 Å². The Morgan fingerprint density at radius 3 is 1.80 bits per heavy atom. The maximum absolute atomic E-state index is 10.5. The average Bonchev–Trinajstić information content (AvgIpc) is 1.38. The summed E-state index contributed by atoms with van der Waals surface area (Å²) >= 11 is 0. The molecular weight excluding hydrogens is 78.0 g/mol. The van der Waals surface area contributed by atoms with Crippen LogP contribution in [0.5, 0.6) is 0 Å². The van der Waals surface area contributed by atoms with Crippen molar-refractivity contribution in [1.29, 1.82) is 0 Å². The van der Waals surface area contributed by atoms with Gasteiger partial charge in [-0.1, -0.05) is 0 Å². The molecule has 0 aliphatic carbocycles. The number of halogens is 2. The van der Waals surface area contributed by atoms with Crippen LogP contribution in [-0.4, -0.2) is 13.0 Å². The van der Waals surface area contributed by atoms with Gasteiger partial charge in [0, 0.05) is 0 Å². The molecule has 0 aliphatic heterocycles. The second-order valence-electron chi connectivity index (χ2n) is 0.558. The van der Waals surface area contributed by atoms with Crippen LogP contribution in [0.3, 0.4) is 0 Å². The Labute approximate surface area is 28.2 Å². The Bertz CT molecular complexity index is 21.6. The van der Waals surface area contributed by atoms with Gasteiger partial charge in [0.15, 0.2) is 0 Å². The summed E-state index contributed by atoms with van der Waals surface area (Å²) in [6, 6.07) is 0. The summed E-state index contributed by atoms with van der Waals surface area (Å²) < 4.78 is 20.9. The van der Waals surface area contributed by atoms with Crippen LogP contribution in [0, 0.1) is 0 Å². The summed E-state index contributed by atoms with van der Waals surface area (Å²) in [6.07, 6.45) is -2.67. The van der Waals surface area contributed by atoms with E-state index in [2.05, 4.69) is 0 Å². The van der Waals surface area contributed by atoms with Gasteiger partial charge in [0.25, 0.3) is 6.43 Å². The highest BCUT2D eigenvalue weighted by atomic mass is 19.3. The van der Waals surface area contributed by atoms with E-state index in [9.17, 15) is 8.78 Å². The van der Waals surface area contributed by atoms with Crippen molar-refractivity contribution in [1.82, 2.24) is 0 Å². The van der Waals surface area contributed by atoms with Crippen molar-refractivity contribution in [2.75, 3.05) is 6.61 Å². The molecule has 0 spiro atoms. The minimum Gasteiger partial charge on any atom is -0.230 e. The van der Waals surface area contributed by atoms with Crippen molar-refractivity contribution in [2.45, 2.75) is 6.43 Å². The number of hydrogen-bond donors (Lipinski definition) is 0. The van der Waals surface area contributed by atoms with Gasteiger partial charge in [-0.05, 0) is 0 Å². The van der Waals surface area contributed by atoms with Crippen LogP contribution in [0.25, 0.3) is 0 Å². The third-order valence-electron chi connectivity index (χ3n) is 0.126. The van der Waals surface area contributed by atoms with E-state index in [1.54, 1.807) is 0 Å². The zero-order valence-corrected chi connectivity index (χ0v) is 2.45. The molecule has 0 aromatic heterocycles. The molecule has 0 amide bonds. The Kier molecular flexibility index (Phi) is 2.01. The summed E-state index contributed by atoms with van der Waals surface area (Å²) in [7, 11) is 0. The quantitative estimate of drug-likeness (QED) is 0.442. The van der Waals surface area contributed by atoms with Crippen LogP contribution in [0.15, 0.2) is 0 Å². The standard InChI is InChI=1S/C2H3F2O/c3-2(4)1-5/h2H,1H2. The Morgan fingerprint density at radius 2 is 1.80 bits per heavy atom. The Morgan fingerprint density at radius 1 is 1.60 bits per heavy atom. The minimum atomic E-state index is -2.67. The monoisotopic (exact) mass is 81.0 g/mol. The molecule has 0 N–H and O–H groups in total. The molecular formula is C2H3F2O. The van der Waals surface area contributed by atoms with E-state index in [4.69, 9.17) is 5.11 Å². The second-order valence-corrected chi connectivity index (χ2v) is 0.558. The van der Waals surface area contributed by atoms with E-state index in [0.717, 1.165) is 0 Å². The van der Waals surface area contributed by atoms with E-state index in [1.165, 1.54) is 0 Å². The smallest absolute Gasteiger partial charge is 0.230 e. The predicted molar refractivity (Wildman–Crippen MR) is 11.6 cm³/mol. The number of alkyl halides is 2. The van der Waals surface area contributed by atoms with Gasteiger partial charge < -0.3 is 0 Å². The molecule has 0 rings (SSSR count). The summed E-state index contributed by atoms with van der Waals surface area (Å²) in [5.41, 5.74) is 0. The predicted octanol–water partition coefficient (Wildman–Crippen LogP) is 0.682. The van der Waals surface area contributed by atoms with Crippen LogP contribution < -0.4 is 0 Å². The molecule has 1 nitrogen and oxygen atoms in total. The third-order valence-corrected chi connectivity index (χ3v) is 0.126. The van der Waals surface area contributed by atoms with E-state index in [1.807, 2.05) is 0 Å². The molecule has 0 heterocycles. The Balaban J connectivity index is 2.54. The summed E-state index contributed by atoms with van der Waals surface area (Å²) in [6.45, 7) is -1.28. The lowest BCUT2D eigenvalue weighted by molar-refractivity contribution is 0.0329. The molecule has 0 fully saturated rings. The summed E-state index contributed by atoms with van der Waals surface area (Å²) in [4.78, 5) is 0. The summed E-state index contributed by atoms with van der Waals surface area (Å²) in [5, 5.41) is 8.88. The van der Waals surface area contributed by atoms with Gasteiger partial charge in [-0.15, -0.1) is 0 Å². The second kappa shape index (κ2) is 2.08. The van der Waals surface area contributed by atoms with E-state index < -0.39 is 13.0 Å². The first-order chi connectivity index (χ1) is 2.27. The maximum atomic E-state index is 10.5. The Hall–Kier alpha value is -0.180. The molecule has 0 atom stereocenters. The van der Waals surface area contributed by atoms with E-state index in [-0.39, 0.29) is 0 Å². The zero-order chi connectivity index (χ0) is 4.28. The van der Waals surface area contributed by atoms with Crippen LogP contribution in [0.2, 0.25) is 0 Å². The molecule has 3 heteroatoms. The van der Waals surface area contributed by atoms with Gasteiger partial charge >= 0.3 is 0 Å². The number of hydrogen-bond acceptors (Lipinski definition) is 0. The van der Waals surface area contributed by atoms with Crippen molar-refractivity contribution in [3.05, 3.63) is 0 Å². The first-order valence-electron chi connectivity index (χ1n) is 1.13. The molecule has 0 saturated carbocycles. The fraction of sp³-hybridized carbons (Fsp3) is 1.00. The lowest BCUT2D eigenvalue weighted by atomic mass is 10.8. The lowest BCUT2D eigenvalue weighted by Crippen LogP contribution is -1.92. The van der Waals surface area contributed by atoms with Gasteiger partial charge in [-0.2, -0.15) is 0 Å². The fourth-order valence-corrected chi connectivity index (χ4v) is 0. The van der Waals surface area contributed by atoms with Crippen molar-refractivity contribution in [3.8, 4) is 0 Å². The molecule has 5 heavy (non-hydrogen) atoms. The van der Waals surface area contributed by atoms with E-state index in [0.29, 0.717) is 0 Å². The fourth-order valence-electron chi connectivity index (χ4n) is 0. The first-order valence-corrected chi connectivity index (χ1v) is 1.13. The largest absolute Gasteiger partial charge is 0.264 e. The molecule has 0 aromatic carbocycles. The number of rotatable bonds is 1. The highest BCUT2D eigenvalue weighted by Gasteiger charge is 1.94. The summed E-state index contributed by atoms with van der Waals surface area (Å²) in [5.74, 6) is 0. The van der Waals surface area contributed by atoms with Crippen LogP contribution in [0.1, 0.15) is 0 Å². The van der Waals surface area contributed by atoms with Gasteiger partial charge in [0.2, 0.25) is 0 Å². The first kappa shape index (κ1) is 4.82. The minimum absolute atomic E-state index is 1.28. The SMILES string of the molecule is [O]CC(F)F. The van der Waals surface area contributed by atoms with E-state index >= 15 is 0 Å². The lowest BCUT2D eigenvalue weighted by Gasteiger charge is -1.78. The third kappa shape index (κ3) is 3.82. The van der Waals surface area contributed by atoms with Gasteiger partial charge in [0.05, 0.1) is 0 Å². The average molecular weight is 81.0 g/mol. The van der Waals surface area contributed by atoms with Gasteiger partial charge in [-0.25, -0.2) is 13.9 Å². The molecule has 1 radical (unpaired) electrons. The van der Waals surface area contributed by atoms with Crippen LogP contribution >= 0.6 is 0 Å². The topological polar surface area (TPSA) is 19.9 Å². The van der Waals surface area contributed by atoms with Crippen molar-refractivity contribution in [2.24, 2.45) is 0 Å². The van der Waals surface area contributed by atoms with Gasteiger partial charge in [-0.3, -0.25) is 0 Å².